The quantitative estimate of drug-likeness (QED) is 0.728. The summed E-state index contributed by atoms with van der Waals surface area (Å²) in [6, 6.07) is 0.00337. The Morgan fingerprint density at radius 2 is 2.12 bits per heavy atom. The summed E-state index contributed by atoms with van der Waals surface area (Å²) in [5.74, 6) is -1.08. The lowest BCUT2D eigenvalue weighted by molar-refractivity contribution is -0.146. The van der Waals surface area contributed by atoms with E-state index < -0.39 is 21.7 Å². The van der Waals surface area contributed by atoms with Crippen molar-refractivity contribution in [2.24, 2.45) is 0 Å². The van der Waals surface area contributed by atoms with Crippen molar-refractivity contribution in [1.29, 1.82) is 0 Å². The molecule has 0 aromatic carbocycles. The lowest BCUT2D eigenvalue weighted by atomic mass is 10.0. The first-order chi connectivity index (χ1) is 7.36. The number of rotatable bonds is 4. The van der Waals surface area contributed by atoms with Gasteiger partial charge in [0.25, 0.3) is 10.2 Å². The minimum absolute atomic E-state index is 0.00337. The summed E-state index contributed by atoms with van der Waals surface area (Å²) in [4.78, 5) is 11.1. The van der Waals surface area contributed by atoms with E-state index in [1.165, 1.54) is 6.92 Å². The molecule has 2 fully saturated rings. The summed E-state index contributed by atoms with van der Waals surface area (Å²) < 4.78 is 27.5. The van der Waals surface area contributed by atoms with Gasteiger partial charge in [-0.25, -0.2) is 0 Å². The van der Waals surface area contributed by atoms with E-state index >= 15 is 0 Å². The summed E-state index contributed by atoms with van der Waals surface area (Å²) >= 11 is 0. The van der Waals surface area contributed by atoms with E-state index in [0.29, 0.717) is 12.8 Å². The van der Waals surface area contributed by atoms with Crippen LogP contribution in [0.15, 0.2) is 0 Å². The van der Waals surface area contributed by atoms with E-state index in [1.807, 2.05) is 0 Å². The molecule has 1 unspecified atom stereocenters. The second kappa shape index (κ2) is 3.68. The first kappa shape index (κ1) is 11.8. The highest BCUT2D eigenvalue weighted by Crippen LogP contribution is 2.32. The van der Waals surface area contributed by atoms with Gasteiger partial charge in [0, 0.05) is 12.6 Å². The second-order valence-corrected chi connectivity index (χ2v) is 6.28. The Bertz CT molecular complexity index is 404. The third kappa shape index (κ3) is 1.94. The molecule has 1 aliphatic carbocycles. The lowest BCUT2D eigenvalue weighted by Gasteiger charge is -2.30. The smallest absolute Gasteiger partial charge is 0.324 e. The third-order valence-corrected chi connectivity index (χ3v) is 5.02. The fourth-order valence-corrected chi connectivity index (χ4v) is 3.87. The molecular formula is C9H16N2O4S. The predicted octanol–water partition coefficient (Wildman–Crippen LogP) is -0.0777. The highest BCUT2D eigenvalue weighted by atomic mass is 32.2. The van der Waals surface area contributed by atoms with Crippen molar-refractivity contribution in [2.45, 2.75) is 44.2 Å². The van der Waals surface area contributed by atoms with E-state index in [2.05, 4.69) is 4.72 Å². The van der Waals surface area contributed by atoms with E-state index in [4.69, 9.17) is 5.11 Å². The molecule has 2 N–H and O–H groups in total. The Balaban J connectivity index is 2.21. The van der Waals surface area contributed by atoms with E-state index in [1.54, 1.807) is 0 Å². The molecule has 1 atom stereocenters. The number of hydrogen-bond acceptors (Lipinski definition) is 3. The van der Waals surface area contributed by atoms with Crippen molar-refractivity contribution in [3.05, 3.63) is 0 Å². The van der Waals surface area contributed by atoms with Crippen molar-refractivity contribution >= 4 is 16.2 Å². The van der Waals surface area contributed by atoms with Crippen molar-refractivity contribution in [3.63, 3.8) is 0 Å². The molecule has 0 radical (unpaired) electrons. The monoisotopic (exact) mass is 248 g/mol. The number of carboxylic acid groups (broad SMARTS) is 1. The molecule has 0 amide bonds. The number of nitrogens with zero attached hydrogens (tertiary/aromatic N) is 1. The fraction of sp³-hybridized carbons (Fsp3) is 0.889. The van der Waals surface area contributed by atoms with Crippen LogP contribution in [0, 0.1) is 0 Å². The zero-order valence-electron chi connectivity index (χ0n) is 9.14. The number of carboxylic acids is 1. The molecule has 16 heavy (non-hydrogen) atoms. The van der Waals surface area contributed by atoms with Crippen LogP contribution in [0.5, 0.6) is 0 Å². The van der Waals surface area contributed by atoms with Crippen LogP contribution in [-0.2, 0) is 15.0 Å². The Hall–Kier alpha value is -0.660. The maximum Gasteiger partial charge on any atom is 0.324 e. The molecule has 1 heterocycles. The van der Waals surface area contributed by atoms with Crippen LogP contribution >= 0.6 is 0 Å². The molecule has 1 saturated carbocycles. The second-order valence-electron chi connectivity index (χ2n) is 4.65. The topological polar surface area (TPSA) is 86.7 Å². The molecule has 2 aliphatic rings. The standard InChI is InChI=1S/C9H16N2O4S/c1-9(8(12)13)5-2-6-11(9)16(14,15)10-7-3-4-7/h7,10H,2-6H2,1H3,(H,12,13). The molecule has 0 spiro atoms. The fourth-order valence-electron chi connectivity index (χ4n) is 2.01. The lowest BCUT2D eigenvalue weighted by Crippen LogP contribution is -2.54. The average molecular weight is 248 g/mol. The van der Waals surface area contributed by atoms with Gasteiger partial charge in [-0.05, 0) is 32.6 Å². The normalized spacial score (nSPS) is 31.8. The average Bonchev–Trinajstić information content (AvgIpc) is 2.84. The maximum atomic E-state index is 12.0. The van der Waals surface area contributed by atoms with Gasteiger partial charge < -0.3 is 5.11 Å². The molecule has 0 bridgehead atoms. The highest BCUT2D eigenvalue weighted by Gasteiger charge is 2.50. The third-order valence-electron chi connectivity index (χ3n) is 3.22. The van der Waals surface area contributed by atoms with Crippen LogP contribution in [0.2, 0.25) is 0 Å². The van der Waals surface area contributed by atoms with Gasteiger partial charge in [0.2, 0.25) is 0 Å². The molecule has 6 nitrogen and oxygen atoms in total. The Morgan fingerprint density at radius 1 is 1.50 bits per heavy atom. The number of nitrogens with one attached hydrogen (secondary N) is 1. The van der Waals surface area contributed by atoms with Crippen molar-refractivity contribution in [3.8, 4) is 0 Å². The van der Waals surface area contributed by atoms with Crippen LogP contribution in [-0.4, -0.2) is 41.9 Å². The molecule has 7 heteroatoms. The summed E-state index contributed by atoms with van der Waals surface area (Å²) in [6.45, 7) is 1.75. The number of carbonyl (C=O) groups is 1. The Morgan fingerprint density at radius 3 is 2.62 bits per heavy atom. The molecule has 2 rings (SSSR count). The molecule has 0 aromatic rings. The molecule has 1 aliphatic heterocycles. The first-order valence-corrected chi connectivity index (χ1v) is 6.84. The predicted molar refractivity (Wildman–Crippen MR) is 57.1 cm³/mol. The summed E-state index contributed by atoms with van der Waals surface area (Å²) in [6.07, 6.45) is 2.65. The Labute approximate surface area is 94.8 Å². The number of hydrogen-bond donors (Lipinski definition) is 2. The van der Waals surface area contributed by atoms with Gasteiger partial charge in [-0.3, -0.25) is 4.79 Å². The molecule has 0 aromatic heterocycles. The van der Waals surface area contributed by atoms with Gasteiger partial charge in [0.05, 0.1) is 0 Å². The molecule has 1 saturated heterocycles. The minimum atomic E-state index is -3.65. The highest BCUT2D eigenvalue weighted by molar-refractivity contribution is 7.87. The Kier molecular flexibility index (Phi) is 2.72. The van der Waals surface area contributed by atoms with Gasteiger partial charge >= 0.3 is 5.97 Å². The summed E-state index contributed by atoms with van der Waals surface area (Å²) in [5.41, 5.74) is -1.29. The zero-order chi connectivity index (χ0) is 12.0. The van der Waals surface area contributed by atoms with Crippen molar-refractivity contribution < 1.29 is 18.3 Å². The van der Waals surface area contributed by atoms with E-state index in [-0.39, 0.29) is 12.6 Å². The van der Waals surface area contributed by atoms with Crippen LogP contribution < -0.4 is 4.72 Å². The van der Waals surface area contributed by atoms with Gasteiger partial charge in [0.15, 0.2) is 0 Å². The first-order valence-electron chi connectivity index (χ1n) is 5.40. The van der Waals surface area contributed by atoms with Gasteiger partial charge in [-0.15, -0.1) is 0 Å². The molecular weight excluding hydrogens is 232 g/mol. The summed E-state index contributed by atoms with van der Waals surface area (Å²) in [5, 5.41) is 9.12. The maximum absolute atomic E-state index is 12.0. The molecule has 92 valence electrons. The van der Waals surface area contributed by atoms with Crippen molar-refractivity contribution in [1.82, 2.24) is 9.03 Å². The van der Waals surface area contributed by atoms with Crippen LogP contribution in [0.4, 0.5) is 0 Å². The van der Waals surface area contributed by atoms with Crippen LogP contribution in [0.1, 0.15) is 32.6 Å². The van der Waals surface area contributed by atoms with E-state index in [9.17, 15) is 13.2 Å². The minimum Gasteiger partial charge on any atom is -0.480 e. The van der Waals surface area contributed by atoms with Gasteiger partial charge in [-0.1, -0.05) is 0 Å². The number of aliphatic carboxylic acids is 1. The zero-order valence-corrected chi connectivity index (χ0v) is 9.96. The van der Waals surface area contributed by atoms with Crippen molar-refractivity contribution in [2.75, 3.05) is 6.54 Å². The summed E-state index contributed by atoms with van der Waals surface area (Å²) in [7, 11) is -3.65. The van der Waals surface area contributed by atoms with Crippen LogP contribution in [0.3, 0.4) is 0 Å². The van der Waals surface area contributed by atoms with Gasteiger partial charge in [-0.2, -0.15) is 17.4 Å². The van der Waals surface area contributed by atoms with E-state index in [0.717, 1.165) is 17.1 Å². The largest absolute Gasteiger partial charge is 0.480 e. The SMILES string of the molecule is CC1(C(=O)O)CCCN1S(=O)(=O)NC1CC1. The van der Waals surface area contributed by atoms with Crippen LogP contribution in [0.25, 0.3) is 0 Å². The van der Waals surface area contributed by atoms with Gasteiger partial charge in [0.1, 0.15) is 5.54 Å².